The SMILES string of the molecule is CC[C@H](Oc1ccc(Cl)cc1)C(=O)N[C@@H](C)CCc1ccccc1. The van der Waals surface area contributed by atoms with Crippen molar-refractivity contribution in [2.45, 2.75) is 45.3 Å². The topological polar surface area (TPSA) is 38.3 Å². The van der Waals surface area contributed by atoms with Gasteiger partial charge in [-0.05, 0) is 56.0 Å². The molecule has 128 valence electrons. The fourth-order valence-electron chi connectivity index (χ4n) is 2.44. The minimum absolute atomic E-state index is 0.0759. The molecular formula is C20H24ClNO2. The van der Waals surface area contributed by atoms with E-state index in [-0.39, 0.29) is 11.9 Å². The maximum absolute atomic E-state index is 12.4. The van der Waals surface area contributed by atoms with Gasteiger partial charge in [0.15, 0.2) is 6.10 Å². The number of benzene rings is 2. The van der Waals surface area contributed by atoms with E-state index in [1.165, 1.54) is 5.56 Å². The first-order valence-electron chi connectivity index (χ1n) is 8.35. The van der Waals surface area contributed by atoms with E-state index < -0.39 is 6.10 Å². The minimum Gasteiger partial charge on any atom is -0.481 e. The lowest BCUT2D eigenvalue weighted by atomic mass is 10.1. The molecule has 3 nitrogen and oxygen atoms in total. The number of amides is 1. The monoisotopic (exact) mass is 345 g/mol. The zero-order valence-electron chi connectivity index (χ0n) is 14.2. The van der Waals surface area contributed by atoms with Crippen LogP contribution in [0.5, 0.6) is 5.75 Å². The first-order valence-corrected chi connectivity index (χ1v) is 8.72. The van der Waals surface area contributed by atoms with Crippen LogP contribution in [0.15, 0.2) is 54.6 Å². The summed E-state index contributed by atoms with van der Waals surface area (Å²) in [6, 6.07) is 17.4. The van der Waals surface area contributed by atoms with Crippen LogP contribution in [0.2, 0.25) is 5.02 Å². The zero-order chi connectivity index (χ0) is 17.4. The number of hydrogen-bond acceptors (Lipinski definition) is 2. The van der Waals surface area contributed by atoms with Crippen LogP contribution in [0, 0.1) is 0 Å². The first-order chi connectivity index (χ1) is 11.6. The maximum Gasteiger partial charge on any atom is 0.261 e. The molecule has 0 saturated heterocycles. The van der Waals surface area contributed by atoms with Gasteiger partial charge in [-0.2, -0.15) is 0 Å². The van der Waals surface area contributed by atoms with E-state index >= 15 is 0 Å². The quantitative estimate of drug-likeness (QED) is 0.757. The number of halogens is 1. The van der Waals surface area contributed by atoms with E-state index in [0.717, 1.165) is 12.8 Å². The Morgan fingerprint density at radius 2 is 1.79 bits per heavy atom. The molecule has 2 aromatic rings. The first kappa shape index (κ1) is 18.3. The molecule has 4 heteroatoms. The third kappa shape index (κ3) is 5.89. The van der Waals surface area contributed by atoms with E-state index in [4.69, 9.17) is 16.3 Å². The summed E-state index contributed by atoms with van der Waals surface area (Å²) in [4.78, 5) is 12.4. The Kier molecular flexibility index (Phi) is 7.13. The Labute approximate surface area is 149 Å². The second-order valence-electron chi connectivity index (χ2n) is 5.90. The Hall–Kier alpha value is -2.00. The number of hydrogen-bond donors (Lipinski definition) is 1. The van der Waals surface area contributed by atoms with Crippen molar-refractivity contribution in [2.75, 3.05) is 0 Å². The summed E-state index contributed by atoms with van der Waals surface area (Å²) < 4.78 is 5.77. The van der Waals surface area contributed by atoms with E-state index in [1.807, 2.05) is 32.0 Å². The van der Waals surface area contributed by atoms with E-state index in [2.05, 4.69) is 17.4 Å². The Morgan fingerprint density at radius 3 is 2.42 bits per heavy atom. The highest BCUT2D eigenvalue weighted by atomic mass is 35.5. The van der Waals surface area contributed by atoms with Crippen molar-refractivity contribution in [3.8, 4) is 5.75 Å². The minimum atomic E-state index is -0.495. The second kappa shape index (κ2) is 9.33. The van der Waals surface area contributed by atoms with Crippen LogP contribution in [-0.4, -0.2) is 18.1 Å². The number of carbonyl (C=O) groups excluding carboxylic acids is 1. The molecule has 1 N–H and O–H groups in total. The van der Waals surface area contributed by atoms with Gasteiger partial charge >= 0.3 is 0 Å². The predicted molar refractivity (Wildman–Crippen MR) is 98.5 cm³/mol. The highest BCUT2D eigenvalue weighted by Gasteiger charge is 2.20. The third-order valence-electron chi connectivity index (χ3n) is 3.85. The summed E-state index contributed by atoms with van der Waals surface area (Å²) in [6.45, 7) is 3.96. The van der Waals surface area contributed by atoms with Crippen molar-refractivity contribution in [2.24, 2.45) is 0 Å². The van der Waals surface area contributed by atoms with Gasteiger partial charge in [0.1, 0.15) is 5.75 Å². The molecule has 0 saturated carbocycles. The lowest BCUT2D eigenvalue weighted by Gasteiger charge is -2.20. The van der Waals surface area contributed by atoms with Crippen LogP contribution in [0.4, 0.5) is 0 Å². The van der Waals surface area contributed by atoms with Crippen molar-refractivity contribution in [1.29, 1.82) is 0 Å². The van der Waals surface area contributed by atoms with Gasteiger partial charge in [-0.3, -0.25) is 4.79 Å². The molecule has 0 aliphatic rings. The van der Waals surface area contributed by atoms with E-state index in [0.29, 0.717) is 17.2 Å². The molecule has 0 aromatic heterocycles. The van der Waals surface area contributed by atoms with E-state index in [1.54, 1.807) is 24.3 Å². The van der Waals surface area contributed by atoms with Gasteiger partial charge in [-0.25, -0.2) is 0 Å². The van der Waals surface area contributed by atoms with Crippen LogP contribution < -0.4 is 10.1 Å². The molecule has 0 fully saturated rings. The molecule has 0 bridgehead atoms. The summed E-state index contributed by atoms with van der Waals surface area (Å²) in [5.74, 6) is 0.575. The smallest absolute Gasteiger partial charge is 0.261 e. The van der Waals surface area contributed by atoms with Crippen LogP contribution in [0.1, 0.15) is 32.3 Å². The maximum atomic E-state index is 12.4. The number of ether oxygens (including phenoxy) is 1. The van der Waals surface area contributed by atoms with Gasteiger partial charge in [-0.1, -0.05) is 48.9 Å². The van der Waals surface area contributed by atoms with Crippen LogP contribution in [0.3, 0.4) is 0 Å². The molecule has 0 radical (unpaired) electrons. The van der Waals surface area contributed by atoms with Crippen molar-refractivity contribution < 1.29 is 9.53 Å². The van der Waals surface area contributed by atoms with Crippen molar-refractivity contribution in [1.82, 2.24) is 5.32 Å². The average molecular weight is 346 g/mol. The predicted octanol–water partition coefficient (Wildman–Crippen LogP) is 4.63. The van der Waals surface area contributed by atoms with Gasteiger partial charge in [0, 0.05) is 11.1 Å². The van der Waals surface area contributed by atoms with Gasteiger partial charge in [0.25, 0.3) is 5.91 Å². The highest BCUT2D eigenvalue weighted by Crippen LogP contribution is 2.18. The normalized spacial score (nSPS) is 13.1. The molecule has 2 rings (SSSR count). The Balaban J connectivity index is 1.83. The molecular weight excluding hydrogens is 322 g/mol. The van der Waals surface area contributed by atoms with Crippen molar-refractivity contribution in [3.05, 3.63) is 65.2 Å². The number of nitrogens with one attached hydrogen (secondary N) is 1. The zero-order valence-corrected chi connectivity index (χ0v) is 14.9. The molecule has 0 aliphatic carbocycles. The second-order valence-corrected chi connectivity index (χ2v) is 6.34. The molecule has 24 heavy (non-hydrogen) atoms. The summed E-state index contributed by atoms with van der Waals surface area (Å²) >= 11 is 5.86. The molecule has 2 aromatic carbocycles. The Bertz CT molecular complexity index is 628. The largest absolute Gasteiger partial charge is 0.481 e. The molecule has 1 amide bonds. The number of carbonyl (C=O) groups is 1. The van der Waals surface area contributed by atoms with E-state index in [9.17, 15) is 4.79 Å². The highest BCUT2D eigenvalue weighted by molar-refractivity contribution is 6.30. The van der Waals surface area contributed by atoms with Gasteiger partial charge < -0.3 is 10.1 Å². The molecule has 0 unspecified atom stereocenters. The van der Waals surface area contributed by atoms with Gasteiger partial charge in [0.05, 0.1) is 0 Å². The summed E-state index contributed by atoms with van der Waals surface area (Å²) in [7, 11) is 0. The van der Waals surface area contributed by atoms with Gasteiger partial charge in [0.2, 0.25) is 0 Å². The summed E-state index contributed by atoms with van der Waals surface area (Å²) in [5, 5.41) is 3.69. The number of rotatable bonds is 8. The molecule has 2 atom stereocenters. The standard InChI is InChI=1S/C20H24ClNO2/c1-3-19(24-18-13-11-17(21)12-14-18)20(23)22-15(2)9-10-16-7-5-4-6-8-16/h4-8,11-15,19H,3,9-10H2,1-2H3,(H,22,23)/t15-,19-/m0/s1. The van der Waals surface area contributed by atoms with Crippen LogP contribution >= 0.6 is 11.6 Å². The van der Waals surface area contributed by atoms with Crippen molar-refractivity contribution >= 4 is 17.5 Å². The van der Waals surface area contributed by atoms with Crippen LogP contribution in [-0.2, 0) is 11.2 Å². The average Bonchev–Trinajstić information content (AvgIpc) is 2.60. The lowest BCUT2D eigenvalue weighted by molar-refractivity contribution is -0.128. The fourth-order valence-corrected chi connectivity index (χ4v) is 2.56. The summed E-state index contributed by atoms with van der Waals surface area (Å²) in [5.41, 5.74) is 1.28. The summed E-state index contributed by atoms with van der Waals surface area (Å²) in [6.07, 6.45) is 1.95. The van der Waals surface area contributed by atoms with Crippen LogP contribution in [0.25, 0.3) is 0 Å². The van der Waals surface area contributed by atoms with Gasteiger partial charge in [-0.15, -0.1) is 0 Å². The molecule has 0 heterocycles. The number of aryl methyl sites for hydroxylation is 1. The van der Waals surface area contributed by atoms with Crippen molar-refractivity contribution in [3.63, 3.8) is 0 Å². The third-order valence-corrected chi connectivity index (χ3v) is 4.10. The fraction of sp³-hybridized carbons (Fsp3) is 0.350. The Morgan fingerprint density at radius 1 is 1.12 bits per heavy atom. The lowest BCUT2D eigenvalue weighted by Crippen LogP contribution is -2.42. The molecule has 0 spiro atoms. The molecule has 0 aliphatic heterocycles.